The van der Waals surface area contributed by atoms with Crippen molar-refractivity contribution in [2.24, 2.45) is 21.6 Å². The fraction of sp³-hybridized carbons (Fsp3) is 0.167. The van der Waals surface area contributed by atoms with E-state index in [4.69, 9.17) is 15.5 Å². The summed E-state index contributed by atoms with van der Waals surface area (Å²) in [6, 6.07) is 11.4. The zero-order valence-corrected chi connectivity index (χ0v) is 15.4. The molecule has 0 saturated carbocycles. The van der Waals surface area contributed by atoms with Gasteiger partial charge in [0.05, 0.1) is 24.2 Å². The van der Waals surface area contributed by atoms with Crippen LogP contribution in [0.3, 0.4) is 0 Å². The molecule has 1 atom stereocenters. The molecule has 5 nitrogen and oxygen atoms in total. The first kappa shape index (κ1) is 16.6. The van der Waals surface area contributed by atoms with Gasteiger partial charge in [0.1, 0.15) is 11.7 Å². The van der Waals surface area contributed by atoms with E-state index in [2.05, 4.69) is 27.6 Å². The molecule has 0 radical (unpaired) electrons. The summed E-state index contributed by atoms with van der Waals surface area (Å²) >= 11 is 2.25. The Morgan fingerprint density at radius 2 is 2.12 bits per heavy atom. The molecule has 1 heterocycles. The number of rotatable bonds is 3. The highest BCUT2D eigenvalue weighted by Gasteiger charge is 2.28. The molecule has 3 rings (SSSR count). The highest BCUT2D eigenvalue weighted by atomic mass is 127. The third kappa shape index (κ3) is 3.19. The summed E-state index contributed by atoms with van der Waals surface area (Å²) in [7, 11) is 1.60. The summed E-state index contributed by atoms with van der Waals surface area (Å²) in [5, 5.41) is 0. The van der Waals surface area contributed by atoms with Crippen LogP contribution in [0, 0.1) is 16.4 Å². The Morgan fingerprint density at radius 3 is 2.83 bits per heavy atom. The first-order chi connectivity index (χ1) is 11.5. The lowest BCUT2D eigenvalue weighted by Gasteiger charge is -2.21. The zero-order chi connectivity index (χ0) is 17.3. The fourth-order valence-electron chi connectivity index (χ4n) is 2.65. The van der Waals surface area contributed by atoms with E-state index in [0.717, 1.165) is 20.4 Å². The lowest BCUT2D eigenvalue weighted by molar-refractivity contribution is -0.118. The second kappa shape index (κ2) is 6.72. The summed E-state index contributed by atoms with van der Waals surface area (Å²) < 4.78 is 6.30. The Kier molecular flexibility index (Phi) is 4.66. The minimum absolute atomic E-state index is 0.470. The van der Waals surface area contributed by atoms with Gasteiger partial charge in [-0.2, -0.15) is 0 Å². The van der Waals surface area contributed by atoms with Crippen molar-refractivity contribution in [3.8, 4) is 5.75 Å². The maximum atomic E-state index is 11.9. The van der Waals surface area contributed by atoms with E-state index in [0.29, 0.717) is 17.1 Å². The van der Waals surface area contributed by atoms with Crippen LogP contribution < -0.4 is 10.5 Å². The number of aliphatic imine (C=N–C) groups is 2. The van der Waals surface area contributed by atoms with E-state index in [1.54, 1.807) is 13.3 Å². The molecule has 1 aliphatic rings. The highest BCUT2D eigenvalue weighted by Crippen LogP contribution is 2.33. The highest BCUT2D eigenvalue weighted by molar-refractivity contribution is 14.1. The Morgan fingerprint density at radius 1 is 1.33 bits per heavy atom. The Labute approximate surface area is 153 Å². The van der Waals surface area contributed by atoms with Gasteiger partial charge in [-0.1, -0.05) is 6.07 Å². The van der Waals surface area contributed by atoms with Crippen molar-refractivity contribution in [3.05, 3.63) is 51.1 Å². The molecule has 0 spiro atoms. The predicted octanol–water partition coefficient (Wildman–Crippen LogP) is 3.55. The number of halogens is 1. The van der Waals surface area contributed by atoms with E-state index in [1.165, 1.54) is 0 Å². The Bertz CT molecular complexity index is 875. The SMILES string of the molecule is COc1cccc(N=C2c3cc(I)cc(C)c3N=CC2C(N)=O)c1. The Balaban J connectivity index is 2.20. The summed E-state index contributed by atoms with van der Waals surface area (Å²) in [5.41, 5.74) is 9.58. The van der Waals surface area contributed by atoms with Crippen molar-refractivity contribution < 1.29 is 9.53 Å². The van der Waals surface area contributed by atoms with E-state index < -0.39 is 11.8 Å². The second-order valence-electron chi connectivity index (χ2n) is 5.48. The summed E-state index contributed by atoms with van der Waals surface area (Å²) in [6.45, 7) is 1.99. The predicted molar refractivity (Wildman–Crippen MR) is 104 cm³/mol. The average molecular weight is 433 g/mol. The molecule has 2 N–H and O–H groups in total. The monoisotopic (exact) mass is 433 g/mol. The zero-order valence-electron chi connectivity index (χ0n) is 13.3. The van der Waals surface area contributed by atoms with Crippen LogP contribution in [-0.2, 0) is 4.79 Å². The number of amides is 1. The number of nitrogens with zero attached hydrogens (tertiary/aromatic N) is 2. The van der Waals surface area contributed by atoms with Crippen LogP contribution in [0.1, 0.15) is 11.1 Å². The van der Waals surface area contributed by atoms with Gasteiger partial charge in [-0.25, -0.2) is 0 Å². The van der Waals surface area contributed by atoms with Crippen molar-refractivity contribution in [1.82, 2.24) is 0 Å². The normalized spacial score (nSPS) is 17.6. The summed E-state index contributed by atoms with van der Waals surface area (Å²) in [6.07, 6.45) is 1.57. The van der Waals surface area contributed by atoms with Crippen LogP contribution in [0.2, 0.25) is 0 Å². The van der Waals surface area contributed by atoms with Crippen molar-refractivity contribution in [2.75, 3.05) is 7.11 Å². The molecule has 1 unspecified atom stereocenters. The number of aryl methyl sites for hydroxylation is 1. The van der Waals surface area contributed by atoms with E-state index in [-0.39, 0.29) is 0 Å². The number of nitrogens with two attached hydrogens (primary N) is 1. The second-order valence-corrected chi connectivity index (χ2v) is 6.72. The molecule has 1 amide bonds. The van der Waals surface area contributed by atoms with E-state index in [9.17, 15) is 4.79 Å². The minimum Gasteiger partial charge on any atom is -0.497 e. The van der Waals surface area contributed by atoms with Crippen molar-refractivity contribution in [3.63, 3.8) is 0 Å². The van der Waals surface area contributed by atoms with Crippen molar-refractivity contribution in [1.29, 1.82) is 0 Å². The number of methoxy groups -OCH3 is 1. The number of ether oxygens (including phenoxy) is 1. The van der Waals surface area contributed by atoms with Gasteiger partial charge in [0, 0.05) is 21.4 Å². The van der Waals surface area contributed by atoms with Crippen LogP contribution >= 0.6 is 22.6 Å². The number of benzene rings is 2. The third-order valence-electron chi connectivity index (χ3n) is 3.80. The number of primary amides is 1. The van der Waals surface area contributed by atoms with Crippen LogP contribution in [0.15, 0.2) is 46.4 Å². The topological polar surface area (TPSA) is 77.0 Å². The third-order valence-corrected chi connectivity index (χ3v) is 4.42. The first-order valence-corrected chi connectivity index (χ1v) is 8.44. The number of hydrogen-bond acceptors (Lipinski definition) is 4. The van der Waals surface area contributed by atoms with Gasteiger partial charge in [-0.05, 0) is 59.3 Å². The molecule has 0 aliphatic carbocycles. The van der Waals surface area contributed by atoms with Crippen LogP contribution in [0.25, 0.3) is 0 Å². The number of fused-ring (bicyclic) bond motifs is 1. The maximum absolute atomic E-state index is 11.9. The van der Waals surface area contributed by atoms with Crippen molar-refractivity contribution in [2.45, 2.75) is 6.92 Å². The fourth-order valence-corrected chi connectivity index (χ4v) is 3.42. The number of hydrogen-bond donors (Lipinski definition) is 1. The Hall–Kier alpha value is -2.22. The molecule has 122 valence electrons. The molecule has 24 heavy (non-hydrogen) atoms. The van der Waals surface area contributed by atoms with Gasteiger partial charge in [-0.3, -0.25) is 14.8 Å². The standard InChI is InChI=1S/C18H16IN3O2/c1-10-6-11(19)7-14-16(10)21-9-15(18(20)23)17(14)22-12-4-3-5-13(8-12)24-2/h3-9,15H,1-2H3,(H2,20,23). The van der Waals surface area contributed by atoms with E-state index in [1.807, 2.05) is 43.3 Å². The molecule has 1 aliphatic heterocycles. The lowest BCUT2D eigenvalue weighted by Crippen LogP contribution is -2.34. The summed E-state index contributed by atoms with van der Waals surface area (Å²) in [4.78, 5) is 21.0. The van der Waals surface area contributed by atoms with Crippen molar-refractivity contribution >= 4 is 51.8 Å². The van der Waals surface area contributed by atoms with Gasteiger partial charge < -0.3 is 10.5 Å². The minimum atomic E-state index is -0.652. The van der Waals surface area contributed by atoms with Gasteiger partial charge in [0.15, 0.2) is 0 Å². The quantitative estimate of drug-likeness (QED) is 0.752. The van der Waals surface area contributed by atoms with Gasteiger partial charge in [0.2, 0.25) is 5.91 Å². The molecular formula is C18H16IN3O2. The molecule has 2 aromatic carbocycles. The summed E-state index contributed by atoms with van der Waals surface area (Å²) in [5.74, 6) is -0.417. The van der Waals surface area contributed by atoms with Gasteiger partial charge in [-0.15, -0.1) is 0 Å². The number of carbonyl (C=O) groups excluding carboxylic acids is 1. The molecule has 0 aromatic heterocycles. The lowest BCUT2D eigenvalue weighted by atomic mass is 9.91. The van der Waals surface area contributed by atoms with Crippen LogP contribution in [0.5, 0.6) is 5.75 Å². The molecule has 0 bridgehead atoms. The molecule has 0 saturated heterocycles. The molecule has 0 fully saturated rings. The molecular weight excluding hydrogens is 417 g/mol. The van der Waals surface area contributed by atoms with Gasteiger partial charge in [0.25, 0.3) is 0 Å². The molecule has 2 aromatic rings. The maximum Gasteiger partial charge on any atom is 0.232 e. The van der Waals surface area contributed by atoms with Crippen LogP contribution in [-0.4, -0.2) is 24.9 Å². The van der Waals surface area contributed by atoms with E-state index >= 15 is 0 Å². The smallest absolute Gasteiger partial charge is 0.232 e. The number of carbonyl (C=O) groups is 1. The largest absolute Gasteiger partial charge is 0.497 e. The molecule has 6 heteroatoms. The van der Waals surface area contributed by atoms with Crippen LogP contribution in [0.4, 0.5) is 11.4 Å². The first-order valence-electron chi connectivity index (χ1n) is 7.36. The average Bonchev–Trinajstić information content (AvgIpc) is 2.55. The van der Waals surface area contributed by atoms with Gasteiger partial charge >= 0.3 is 0 Å².